The van der Waals surface area contributed by atoms with Crippen molar-refractivity contribution in [1.82, 2.24) is 5.32 Å². The molecule has 0 aromatic heterocycles. The summed E-state index contributed by atoms with van der Waals surface area (Å²) in [6.07, 6.45) is 0. The Kier molecular flexibility index (Phi) is 5.81. The molecular weight excluding hydrogens is 407 g/mol. The molecule has 0 spiro atoms. The summed E-state index contributed by atoms with van der Waals surface area (Å²) in [5, 5.41) is 6.47. The second-order valence-corrected chi connectivity index (χ2v) is 6.58. The van der Waals surface area contributed by atoms with Gasteiger partial charge in [0.15, 0.2) is 5.11 Å². The summed E-state index contributed by atoms with van der Waals surface area (Å²) in [6, 6.07) is 10.3. The van der Waals surface area contributed by atoms with Crippen LogP contribution in [0.5, 0.6) is 0 Å². The van der Waals surface area contributed by atoms with E-state index in [1.54, 1.807) is 12.1 Å². The topological polar surface area (TPSA) is 41.1 Å². The lowest BCUT2D eigenvalue weighted by Crippen LogP contribution is -2.34. The molecule has 0 aliphatic rings. The average molecular weight is 418 g/mol. The van der Waals surface area contributed by atoms with Gasteiger partial charge >= 0.3 is 0 Å². The minimum atomic E-state index is -0.357. The molecule has 2 rings (SSSR count). The first-order valence-electron chi connectivity index (χ1n) is 6.20. The SMILES string of the molecule is Cc1cc(NC(=S)NC(=O)c2ccc(Cl)c(Cl)c2)ccc1Br. The lowest BCUT2D eigenvalue weighted by molar-refractivity contribution is 0.0978. The van der Waals surface area contributed by atoms with Crippen molar-refractivity contribution in [2.45, 2.75) is 6.92 Å². The summed E-state index contributed by atoms with van der Waals surface area (Å²) in [5.41, 5.74) is 2.23. The molecule has 0 saturated carbocycles. The summed E-state index contributed by atoms with van der Waals surface area (Å²) in [7, 11) is 0. The Morgan fingerprint density at radius 3 is 2.50 bits per heavy atom. The molecule has 0 heterocycles. The molecule has 0 fully saturated rings. The minimum absolute atomic E-state index is 0.206. The maximum atomic E-state index is 12.1. The van der Waals surface area contributed by atoms with Crippen molar-refractivity contribution in [3.8, 4) is 0 Å². The van der Waals surface area contributed by atoms with Gasteiger partial charge in [-0.1, -0.05) is 39.1 Å². The fraction of sp³-hybridized carbons (Fsp3) is 0.0667. The Hall–Kier alpha value is -1.14. The van der Waals surface area contributed by atoms with Gasteiger partial charge < -0.3 is 5.32 Å². The highest BCUT2D eigenvalue weighted by atomic mass is 79.9. The number of carbonyl (C=O) groups excluding carboxylic acids is 1. The van der Waals surface area contributed by atoms with Crippen molar-refractivity contribution in [1.29, 1.82) is 0 Å². The molecule has 3 nitrogen and oxygen atoms in total. The quantitative estimate of drug-likeness (QED) is 0.660. The molecule has 0 atom stereocenters. The molecule has 0 bridgehead atoms. The van der Waals surface area contributed by atoms with Crippen molar-refractivity contribution in [3.05, 3.63) is 62.0 Å². The molecule has 0 saturated heterocycles. The van der Waals surface area contributed by atoms with Crippen molar-refractivity contribution in [2.24, 2.45) is 0 Å². The Bertz CT molecular complexity index is 752. The van der Waals surface area contributed by atoms with Crippen LogP contribution in [-0.2, 0) is 0 Å². The molecule has 0 aliphatic carbocycles. The fourth-order valence-electron chi connectivity index (χ4n) is 1.70. The van der Waals surface area contributed by atoms with Gasteiger partial charge in [-0.2, -0.15) is 0 Å². The highest BCUT2D eigenvalue weighted by molar-refractivity contribution is 9.10. The highest BCUT2D eigenvalue weighted by Gasteiger charge is 2.10. The smallest absolute Gasteiger partial charge is 0.257 e. The molecule has 2 aromatic carbocycles. The molecule has 0 radical (unpaired) electrons. The van der Waals surface area contributed by atoms with E-state index in [-0.39, 0.29) is 11.0 Å². The largest absolute Gasteiger partial charge is 0.332 e. The van der Waals surface area contributed by atoms with Crippen LogP contribution in [-0.4, -0.2) is 11.0 Å². The normalized spacial score (nSPS) is 10.2. The van der Waals surface area contributed by atoms with E-state index in [0.717, 1.165) is 15.7 Å². The van der Waals surface area contributed by atoms with Gasteiger partial charge in [-0.3, -0.25) is 10.1 Å². The molecule has 7 heteroatoms. The predicted octanol–water partition coefficient (Wildman–Crippen LogP) is 5.19. The zero-order valence-corrected chi connectivity index (χ0v) is 15.3. The minimum Gasteiger partial charge on any atom is -0.332 e. The number of hydrogen-bond donors (Lipinski definition) is 2. The number of thiocarbonyl (C=S) groups is 1. The van der Waals surface area contributed by atoms with Gasteiger partial charge in [0.25, 0.3) is 5.91 Å². The highest BCUT2D eigenvalue weighted by Crippen LogP contribution is 2.22. The van der Waals surface area contributed by atoms with Crippen LogP contribution in [0.3, 0.4) is 0 Å². The zero-order valence-electron chi connectivity index (χ0n) is 11.4. The Morgan fingerprint density at radius 2 is 1.86 bits per heavy atom. The lowest BCUT2D eigenvalue weighted by Gasteiger charge is -2.11. The number of nitrogens with one attached hydrogen (secondary N) is 2. The number of anilines is 1. The van der Waals surface area contributed by atoms with Crippen LogP contribution >= 0.6 is 51.3 Å². The molecule has 114 valence electrons. The van der Waals surface area contributed by atoms with Gasteiger partial charge in [-0.15, -0.1) is 0 Å². The van der Waals surface area contributed by atoms with Crippen LogP contribution in [0, 0.1) is 6.92 Å². The summed E-state index contributed by atoms with van der Waals surface area (Å²) >= 11 is 20.3. The maximum absolute atomic E-state index is 12.1. The fourth-order valence-corrected chi connectivity index (χ4v) is 2.45. The Labute approximate surface area is 152 Å². The summed E-state index contributed by atoms with van der Waals surface area (Å²) in [6.45, 7) is 1.96. The first-order chi connectivity index (χ1) is 10.4. The first kappa shape index (κ1) is 17.2. The molecule has 0 aliphatic heterocycles. The molecule has 22 heavy (non-hydrogen) atoms. The third-order valence-electron chi connectivity index (χ3n) is 2.82. The van der Waals surface area contributed by atoms with Gasteiger partial charge in [0.1, 0.15) is 0 Å². The van der Waals surface area contributed by atoms with Gasteiger partial charge in [0.05, 0.1) is 10.0 Å². The summed E-state index contributed by atoms with van der Waals surface area (Å²) in [4.78, 5) is 12.1. The van der Waals surface area contributed by atoms with Crippen LogP contribution < -0.4 is 10.6 Å². The number of benzene rings is 2. The summed E-state index contributed by atoms with van der Waals surface area (Å²) < 4.78 is 1.00. The molecule has 0 unspecified atom stereocenters. The molecule has 2 aromatic rings. The van der Waals surface area contributed by atoms with Crippen LogP contribution in [0.25, 0.3) is 0 Å². The van der Waals surface area contributed by atoms with E-state index in [4.69, 9.17) is 35.4 Å². The molecule has 1 amide bonds. The third-order valence-corrected chi connectivity index (χ3v) is 4.66. The molecule has 2 N–H and O–H groups in total. The van der Waals surface area contributed by atoms with E-state index in [2.05, 4.69) is 26.6 Å². The van der Waals surface area contributed by atoms with Crippen molar-refractivity contribution in [2.75, 3.05) is 5.32 Å². The monoisotopic (exact) mass is 416 g/mol. The van der Waals surface area contributed by atoms with Gasteiger partial charge in [-0.05, 0) is 61.1 Å². The van der Waals surface area contributed by atoms with Crippen molar-refractivity contribution in [3.63, 3.8) is 0 Å². The van der Waals surface area contributed by atoms with Gasteiger partial charge in [-0.25, -0.2) is 0 Å². The first-order valence-corrected chi connectivity index (χ1v) is 8.16. The van der Waals surface area contributed by atoms with E-state index in [9.17, 15) is 4.79 Å². The third kappa shape index (κ3) is 4.43. The predicted molar refractivity (Wildman–Crippen MR) is 99.0 cm³/mol. The average Bonchev–Trinajstić information content (AvgIpc) is 2.45. The Morgan fingerprint density at radius 1 is 1.14 bits per heavy atom. The number of aryl methyl sites for hydroxylation is 1. The molecular formula is C15H11BrCl2N2OS. The Balaban J connectivity index is 2.03. The standard InChI is InChI=1S/C15H11BrCl2N2OS/c1-8-6-10(3-4-11(8)16)19-15(22)20-14(21)9-2-5-12(17)13(18)7-9/h2-7H,1H3,(H2,19,20,21,22). The number of carbonyl (C=O) groups is 1. The van der Waals surface area contributed by atoms with Crippen LogP contribution in [0.1, 0.15) is 15.9 Å². The second kappa shape index (κ2) is 7.42. The van der Waals surface area contributed by atoms with Crippen LogP contribution in [0.4, 0.5) is 5.69 Å². The van der Waals surface area contributed by atoms with Gasteiger partial charge in [0.2, 0.25) is 0 Å². The number of halogens is 3. The number of rotatable bonds is 2. The second-order valence-electron chi connectivity index (χ2n) is 4.50. The van der Waals surface area contributed by atoms with Crippen LogP contribution in [0.15, 0.2) is 40.9 Å². The van der Waals surface area contributed by atoms with E-state index in [1.807, 2.05) is 25.1 Å². The van der Waals surface area contributed by atoms with E-state index in [0.29, 0.717) is 15.6 Å². The zero-order chi connectivity index (χ0) is 16.3. The lowest BCUT2D eigenvalue weighted by atomic mass is 10.2. The summed E-state index contributed by atoms with van der Waals surface area (Å²) in [5.74, 6) is -0.357. The van der Waals surface area contributed by atoms with Crippen molar-refractivity contribution < 1.29 is 4.79 Å². The van der Waals surface area contributed by atoms with Gasteiger partial charge in [0, 0.05) is 15.7 Å². The number of hydrogen-bond acceptors (Lipinski definition) is 2. The van der Waals surface area contributed by atoms with E-state index in [1.165, 1.54) is 6.07 Å². The maximum Gasteiger partial charge on any atom is 0.257 e. The van der Waals surface area contributed by atoms with E-state index < -0.39 is 0 Å². The van der Waals surface area contributed by atoms with Crippen LogP contribution in [0.2, 0.25) is 10.0 Å². The van der Waals surface area contributed by atoms with E-state index >= 15 is 0 Å². The van der Waals surface area contributed by atoms with Crippen molar-refractivity contribution >= 4 is 68.1 Å². The number of amides is 1.